The van der Waals surface area contributed by atoms with Crippen LogP contribution >= 0.6 is 0 Å². The van der Waals surface area contributed by atoms with E-state index in [4.69, 9.17) is 0 Å². The lowest BCUT2D eigenvalue weighted by Gasteiger charge is -2.33. The van der Waals surface area contributed by atoms with Crippen molar-refractivity contribution in [1.29, 1.82) is 0 Å². The number of hydrogen-bond donors (Lipinski definition) is 1. The van der Waals surface area contributed by atoms with E-state index in [0.717, 1.165) is 27.8 Å². The molecule has 0 heterocycles. The predicted octanol–water partition coefficient (Wildman–Crippen LogP) is 2.61. The van der Waals surface area contributed by atoms with Gasteiger partial charge in [-0.3, -0.25) is 24.0 Å². The van der Waals surface area contributed by atoms with Crippen LogP contribution < -0.4 is 9.62 Å². The monoisotopic (exact) mass is 490 g/mol. The molecule has 2 aromatic carbocycles. The van der Waals surface area contributed by atoms with Gasteiger partial charge in [0.05, 0.1) is 16.9 Å². The van der Waals surface area contributed by atoms with Gasteiger partial charge in [-0.15, -0.1) is 0 Å². The molecule has 0 spiro atoms. The van der Waals surface area contributed by atoms with Gasteiger partial charge < -0.3 is 10.2 Å². The lowest BCUT2D eigenvalue weighted by atomic mass is 10.1. The van der Waals surface area contributed by atoms with Crippen LogP contribution in [0.2, 0.25) is 0 Å². The molecule has 2 amide bonds. The fraction of sp³-hybridized carbons (Fsp3) is 0.391. The summed E-state index contributed by atoms with van der Waals surface area (Å²) in [5.74, 6) is -0.938. The molecule has 0 aromatic heterocycles. The van der Waals surface area contributed by atoms with Crippen molar-refractivity contribution in [3.8, 4) is 0 Å². The first kappa shape index (κ1) is 26.8. The molecule has 1 N–H and O–H groups in total. The maximum atomic E-state index is 13.5. The smallest absolute Gasteiger partial charge is 0.271 e. The Balaban J connectivity index is 2.48. The second-order valence-electron chi connectivity index (χ2n) is 7.81. The summed E-state index contributed by atoms with van der Waals surface area (Å²) < 4.78 is 25.9. The molecule has 2 aromatic rings. The molecule has 0 unspecified atom stereocenters. The van der Waals surface area contributed by atoms with E-state index in [-0.39, 0.29) is 23.8 Å². The number of nitro groups is 1. The highest BCUT2D eigenvalue weighted by atomic mass is 32.2. The standard InChI is InChI=1S/C23H30N4O6S/c1-5-21(23(29)24-6-2)25(15-18-11-8-7-10-17(18)3)22(28)16-26(34(4,32)33)19-12-9-13-20(14-19)27(30)31/h7-14,21H,5-6,15-16H2,1-4H3,(H,24,29)/t21-/m1/s1. The SMILES string of the molecule is CCNC(=O)[C@@H](CC)N(Cc1ccccc1C)C(=O)CN(c1cccc([N+](=O)[O-])c1)S(C)(=O)=O. The number of sulfonamides is 1. The first-order valence-electron chi connectivity index (χ1n) is 10.8. The van der Waals surface area contributed by atoms with E-state index in [2.05, 4.69) is 5.32 Å². The van der Waals surface area contributed by atoms with Crippen molar-refractivity contribution in [2.45, 2.75) is 39.8 Å². The Labute approximate surface area is 199 Å². The Hall–Kier alpha value is -3.47. The Morgan fingerprint density at radius 2 is 1.79 bits per heavy atom. The third-order valence-corrected chi connectivity index (χ3v) is 6.49. The number of hydrogen-bond acceptors (Lipinski definition) is 6. The number of nitrogens with zero attached hydrogens (tertiary/aromatic N) is 3. The molecule has 0 saturated heterocycles. The second-order valence-corrected chi connectivity index (χ2v) is 9.72. The van der Waals surface area contributed by atoms with E-state index in [1.807, 2.05) is 31.2 Å². The highest BCUT2D eigenvalue weighted by Crippen LogP contribution is 2.24. The summed E-state index contributed by atoms with van der Waals surface area (Å²) in [5.41, 5.74) is 1.43. The average molecular weight is 491 g/mol. The molecule has 10 nitrogen and oxygen atoms in total. The molecule has 34 heavy (non-hydrogen) atoms. The van der Waals surface area contributed by atoms with E-state index in [0.29, 0.717) is 13.0 Å². The minimum Gasteiger partial charge on any atom is -0.355 e. The summed E-state index contributed by atoms with van der Waals surface area (Å²) in [7, 11) is -3.97. The van der Waals surface area contributed by atoms with Gasteiger partial charge in [-0.05, 0) is 37.5 Å². The third-order valence-electron chi connectivity index (χ3n) is 5.35. The Kier molecular flexibility index (Phi) is 9.13. The molecule has 0 bridgehead atoms. The number of nitrogens with one attached hydrogen (secondary N) is 1. The van der Waals surface area contributed by atoms with Crippen molar-refractivity contribution in [1.82, 2.24) is 10.2 Å². The zero-order chi connectivity index (χ0) is 25.5. The van der Waals surface area contributed by atoms with Crippen molar-refractivity contribution in [3.63, 3.8) is 0 Å². The van der Waals surface area contributed by atoms with Crippen LogP contribution in [0.3, 0.4) is 0 Å². The number of anilines is 1. The van der Waals surface area contributed by atoms with Gasteiger partial charge in [-0.1, -0.05) is 37.3 Å². The summed E-state index contributed by atoms with van der Waals surface area (Å²) in [5, 5.41) is 13.9. The molecular formula is C23H30N4O6S. The van der Waals surface area contributed by atoms with E-state index in [1.165, 1.54) is 23.1 Å². The van der Waals surface area contributed by atoms with Crippen LogP contribution in [0.4, 0.5) is 11.4 Å². The van der Waals surface area contributed by atoms with Gasteiger partial charge in [-0.2, -0.15) is 0 Å². The van der Waals surface area contributed by atoms with Crippen LogP contribution in [0.25, 0.3) is 0 Å². The molecule has 11 heteroatoms. The number of rotatable bonds is 11. The number of nitro benzene ring substituents is 1. The number of benzene rings is 2. The fourth-order valence-corrected chi connectivity index (χ4v) is 4.40. The van der Waals surface area contributed by atoms with Crippen molar-refractivity contribution >= 4 is 33.2 Å². The second kappa shape index (κ2) is 11.6. The van der Waals surface area contributed by atoms with E-state index < -0.39 is 33.4 Å². The van der Waals surface area contributed by atoms with Gasteiger partial charge in [0, 0.05) is 25.2 Å². The zero-order valence-corrected chi connectivity index (χ0v) is 20.5. The minimum atomic E-state index is -3.97. The van der Waals surface area contributed by atoms with Crippen molar-refractivity contribution in [2.75, 3.05) is 23.7 Å². The Bertz CT molecular complexity index is 1150. The molecular weight excluding hydrogens is 460 g/mol. The summed E-state index contributed by atoms with van der Waals surface area (Å²) in [6, 6.07) is 11.7. The predicted molar refractivity (Wildman–Crippen MR) is 130 cm³/mol. The number of aryl methyl sites for hydroxylation is 1. The van der Waals surface area contributed by atoms with Crippen LogP contribution in [0.15, 0.2) is 48.5 Å². The molecule has 0 aliphatic rings. The van der Waals surface area contributed by atoms with Gasteiger partial charge >= 0.3 is 0 Å². The van der Waals surface area contributed by atoms with Crippen molar-refractivity contribution < 1.29 is 22.9 Å². The molecule has 0 fully saturated rings. The molecule has 184 valence electrons. The maximum Gasteiger partial charge on any atom is 0.271 e. The molecule has 0 aliphatic heterocycles. The summed E-state index contributed by atoms with van der Waals surface area (Å²) >= 11 is 0. The van der Waals surface area contributed by atoms with Crippen LogP contribution in [0.1, 0.15) is 31.4 Å². The quantitative estimate of drug-likeness (QED) is 0.381. The highest BCUT2D eigenvalue weighted by molar-refractivity contribution is 7.92. The van der Waals surface area contributed by atoms with Crippen molar-refractivity contribution in [2.24, 2.45) is 0 Å². The van der Waals surface area contributed by atoms with Gasteiger partial charge in [0.1, 0.15) is 12.6 Å². The van der Waals surface area contributed by atoms with E-state index in [9.17, 15) is 28.1 Å². The first-order valence-corrected chi connectivity index (χ1v) is 12.7. The van der Waals surface area contributed by atoms with Crippen LogP contribution in [-0.2, 0) is 26.2 Å². The molecule has 0 radical (unpaired) electrons. The lowest BCUT2D eigenvalue weighted by molar-refractivity contribution is -0.384. The lowest BCUT2D eigenvalue weighted by Crippen LogP contribution is -2.52. The third kappa shape index (κ3) is 6.77. The van der Waals surface area contributed by atoms with Gasteiger partial charge in [-0.25, -0.2) is 8.42 Å². The topological polar surface area (TPSA) is 130 Å². The minimum absolute atomic E-state index is 0.00745. The molecule has 0 aliphatic carbocycles. The van der Waals surface area contributed by atoms with Gasteiger partial charge in [0.15, 0.2) is 0 Å². The first-order chi connectivity index (χ1) is 16.0. The number of carbonyl (C=O) groups excluding carboxylic acids is 2. The van der Waals surface area contributed by atoms with Crippen LogP contribution in [0, 0.1) is 17.0 Å². The summed E-state index contributed by atoms with van der Waals surface area (Å²) in [6.45, 7) is 5.30. The average Bonchev–Trinajstić information content (AvgIpc) is 2.77. The fourth-order valence-electron chi connectivity index (χ4n) is 3.56. The molecule has 2 rings (SSSR count). The normalized spacial score (nSPS) is 12.0. The summed E-state index contributed by atoms with van der Waals surface area (Å²) in [4.78, 5) is 38.2. The van der Waals surface area contributed by atoms with Crippen LogP contribution in [0.5, 0.6) is 0 Å². The molecule has 0 saturated carbocycles. The highest BCUT2D eigenvalue weighted by Gasteiger charge is 2.32. The van der Waals surface area contributed by atoms with Gasteiger partial charge in [0.2, 0.25) is 21.8 Å². The van der Waals surface area contributed by atoms with Gasteiger partial charge in [0.25, 0.3) is 5.69 Å². The van der Waals surface area contributed by atoms with E-state index >= 15 is 0 Å². The van der Waals surface area contributed by atoms with Crippen molar-refractivity contribution in [3.05, 3.63) is 69.8 Å². The van der Waals surface area contributed by atoms with Crippen LogP contribution in [-0.4, -0.2) is 55.4 Å². The number of non-ortho nitro benzene ring substituents is 1. The molecule has 1 atom stereocenters. The number of carbonyl (C=O) groups is 2. The largest absolute Gasteiger partial charge is 0.355 e. The maximum absolute atomic E-state index is 13.5. The Morgan fingerprint density at radius 3 is 2.35 bits per heavy atom. The number of likely N-dealkylation sites (N-methyl/N-ethyl adjacent to an activating group) is 1. The zero-order valence-electron chi connectivity index (χ0n) is 19.7. The van der Waals surface area contributed by atoms with E-state index in [1.54, 1.807) is 13.8 Å². The summed E-state index contributed by atoms with van der Waals surface area (Å²) in [6.07, 6.45) is 1.24. The Morgan fingerprint density at radius 1 is 1.12 bits per heavy atom. The number of amides is 2.